The van der Waals surface area contributed by atoms with Gasteiger partial charge in [-0.3, -0.25) is 9.59 Å². The van der Waals surface area contributed by atoms with Gasteiger partial charge in [0.15, 0.2) is 0 Å². The van der Waals surface area contributed by atoms with Crippen molar-refractivity contribution in [1.82, 2.24) is 10.2 Å². The Morgan fingerprint density at radius 3 is 2.52 bits per heavy atom. The number of halogens is 1. The minimum Gasteiger partial charge on any atom is -0.497 e. The molecular formula is C24H29ClN2O4. The summed E-state index contributed by atoms with van der Waals surface area (Å²) in [6, 6.07) is 12.5. The van der Waals surface area contributed by atoms with Gasteiger partial charge in [-0.25, -0.2) is 0 Å². The first kappa shape index (κ1) is 22.9. The fraction of sp³-hybridized carbons (Fsp3) is 0.417. The first-order chi connectivity index (χ1) is 14.8. The van der Waals surface area contributed by atoms with Gasteiger partial charge in [0.1, 0.15) is 11.5 Å². The van der Waals surface area contributed by atoms with Crippen LogP contribution in [0.5, 0.6) is 11.5 Å². The summed E-state index contributed by atoms with van der Waals surface area (Å²) < 4.78 is 10.9. The van der Waals surface area contributed by atoms with Crippen molar-refractivity contribution < 1.29 is 19.1 Å². The number of likely N-dealkylation sites (tertiary alicyclic amines) is 1. The van der Waals surface area contributed by atoms with Crippen LogP contribution in [0, 0.1) is 11.8 Å². The van der Waals surface area contributed by atoms with E-state index in [1.165, 1.54) is 0 Å². The molecular weight excluding hydrogens is 416 g/mol. The lowest BCUT2D eigenvalue weighted by atomic mass is 9.87. The average molecular weight is 445 g/mol. The smallest absolute Gasteiger partial charge is 0.255 e. The molecule has 6 nitrogen and oxygen atoms in total. The maximum absolute atomic E-state index is 13.2. The van der Waals surface area contributed by atoms with Crippen LogP contribution in [0.25, 0.3) is 0 Å². The molecule has 2 amide bonds. The van der Waals surface area contributed by atoms with E-state index in [0.717, 1.165) is 5.56 Å². The van der Waals surface area contributed by atoms with Crippen molar-refractivity contribution in [2.75, 3.05) is 33.9 Å². The molecule has 31 heavy (non-hydrogen) atoms. The van der Waals surface area contributed by atoms with Crippen LogP contribution in [-0.2, 0) is 4.79 Å². The molecule has 2 unspecified atom stereocenters. The molecule has 1 fully saturated rings. The number of carbonyl (C=O) groups excluding carboxylic acids is 2. The van der Waals surface area contributed by atoms with Crippen LogP contribution >= 0.6 is 11.6 Å². The van der Waals surface area contributed by atoms with Gasteiger partial charge in [-0.1, -0.05) is 43.6 Å². The zero-order valence-corrected chi connectivity index (χ0v) is 19.1. The van der Waals surface area contributed by atoms with E-state index in [-0.39, 0.29) is 17.7 Å². The highest BCUT2D eigenvalue weighted by molar-refractivity contribution is 6.33. The summed E-state index contributed by atoms with van der Waals surface area (Å²) in [5.41, 5.74) is 1.32. The van der Waals surface area contributed by atoms with E-state index in [0.29, 0.717) is 47.6 Å². The number of methoxy groups -OCH3 is 2. The fourth-order valence-electron chi connectivity index (χ4n) is 3.92. The molecule has 1 aliphatic rings. The van der Waals surface area contributed by atoms with Crippen molar-refractivity contribution in [2.45, 2.75) is 19.8 Å². The minimum atomic E-state index is -0.396. The molecule has 2 aromatic carbocycles. The summed E-state index contributed by atoms with van der Waals surface area (Å²) >= 11 is 6.25. The lowest BCUT2D eigenvalue weighted by molar-refractivity contribution is -0.125. The maximum Gasteiger partial charge on any atom is 0.255 e. The molecule has 0 aliphatic carbocycles. The summed E-state index contributed by atoms with van der Waals surface area (Å²) in [6.07, 6.45) is 0. The van der Waals surface area contributed by atoms with Crippen LogP contribution in [0.3, 0.4) is 0 Å². The summed E-state index contributed by atoms with van der Waals surface area (Å²) in [5, 5.41) is 3.43. The third kappa shape index (κ3) is 5.13. The van der Waals surface area contributed by atoms with Crippen molar-refractivity contribution in [3.63, 3.8) is 0 Å². The number of nitrogens with one attached hydrogen (secondary N) is 1. The van der Waals surface area contributed by atoms with Crippen LogP contribution in [-0.4, -0.2) is 50.6 Å². The molecule has 3 rings (SSSR count). The van der Waals surface area contributed by atoms with E-state index in [4.69, 9.17) is 21.1 Å². The Bertz CT molecular complexity index is 947. The summed E-state index contributed by atoms with van der Waals surface area (Å²) in [6.45, 7) is 5.39. The highest BCUT2D eigenvalue weighted by atomic mass is 35.5. The Balaban J connectivity index is 1.93. The van der Waals surface area contributed by atoms with E-state index in [1.54, 1.807) is 49.5 Å². The van der Waals surface area contributed by atoms with Crippen molar-refractivity contribution in [3.8, 4) is 11.5 Å². The molecule has 7 heteroatoms. The van der Waals surface area contributed by atoms with Gasteiger partial charge in [-0.05, 0) is 24.1 Å². The first-order valence-electron chi connectivity index (χ1n) is 10.4. The lowest BCUT2D eigenvalue weighted by Crippen LogP contribution is -2.37. The molecule has 1 heterocycles. The van der Waals surface area contributed by atoms with Gasteiger partial charge in [0.25, 0.3) is 5.91 Å². The normalized spacial score (nSPS) is 18.2. The van der Waals surface area contributed by atoms with Crippen LogP contribution in [0.15, 0.2) is 42.5 Å². The number of ether oxygens (including phenoxy) is 2. The summed E-state index contributed by atoms with van der Waals surface area (Å²) in [7, 11) is 3.18. The van der Waals surface area contributed by atoms with Crippen molar-refractivity contribution >= 4 is 23.4 Å². The topological polar surface area (TPSA) is 67.9 Å². The van der Waals surface area contributed by atoms with Gasteiger partial charge in [-0.15, -0.1) is 0 Å². The largest absolute Gasteiger partial charge is 0.497 e. The van der Waals surface area contributed by atoms with Gasteiger partial charge < -0.3 is 19.7 Å². The molecule has 1 aliphatic heterocycles. The number of carbonyl (C=O) groups is 2. The quantitative estimate of drug-likeness (QED) is 0.701. The number of benzene rings is 2. The Labute approximate surface area is 188 Å². The second-order valence-corrected chi connectivity index (χ2v) is 8.56. The van der Waals surface area contributed by atoms with Crippen molar-refractivity contribution in [2.24, 2.45) is 11.8 Å². The first-order valence-corrected chi connectivity index (χ1v) is 10.8. The van der Waals surface area contributed by atoms with E-state index in [2.05, 4.69) is 5.32 Å². The second-order valence-electron chi connectivity index (χ2n) is 8.15. The highest BCUT2D eigenvalue weighted by Crippen LogP contribution is 2.40. The molecule has 2 atom stereocenters. The van der Waals surface area contributed by atoms with E-state index >= 15 is 0 Å². The predicted octanol–water partition coefficient (Wildman–Crippen LogP) is 3.99. The summed E-state index contributed by atoms with van der Waals surface area (Å²) in [5.74, 6) is 0.793. The molecule has 0 spiro atoms. The predicted molar refractivity (Wildman–Crippen MR) is 121 cm³/mol. The number of amides is 2. The van der Waals surface area contributed by atoms with Crippen LogP contribution in [0.4, 0.5) is 0 Å². The monoisotopic (exact) mass is 444 g/mol. The van der Waals surface area contributed by atoms with Gasteiger partial charge in [-0.2, -0.15) is 0 Å². The molecule has 0 saturated carbocycles. The van der Waals surface area contributed by atoms with E-state index in [9.17, 15) is 9.59 Å². The van der Waals surface area contributed by atoms with Crippen molar-refractivity contribution in [3.05, 3.63) is 58.6 Å². The molecule has 1 N–H and O–H groups in total. The van der Waals surface area contributed by atoms with Gasteiger partial charge >= 0.3 is 0 Å². The SMILES string of the molecule is COc1ccc(C2CN(C(=O)c3ccccc3Cl)CC2C(=O)NCC(C)C)c(OC)c1. The fourth-order valence-corrected chi connectivity index (χ4v) is 4.13. The second kappa shape index (κ2) is 10.1. The summed E-state index contributed by atoms with van der Waals surface area (Å²) in [4.78, 5) is 28.0. The highest BCUT2D eigenvalue weighted by Gasteiger charge is 2.42. The van der Waals surface area contributed by atoms with E-state index in [1.807, 2.05) is 26.0 Å². The van der Waals surface area contributed by atoms with Gasteiger partial charge in [0.05, 0.1) is 30.7 Å². The lowest BCUT2D eigenvalue weighted by Gasteiger charge is -2.21. The third-order valence-electron chi connectivity index (χ3n) is 5.57. The number of nitrogens with zero attached hydrogens (tertiary/aromatic N) is 1. The third-order valence-corrected chi connectivity index (χ3v) is 5.90. The van der Waals surface area contributed by atoms with Crippen LogP contribution in [0.1, 0.15) is 35.7 Å². The van der Waals surface area contributed by atoms with Gasteiger partial charge in [0.2, 0.25) is 5.91 Å². The Morgan fingerprint density at radius 1 is 1.13 bits per heavy atom. The molecule has 2 aromatic rings. The maximum atomic E-state index is 13.2. The molecule has 0 bridgehead atoms. The zero-order valence-electron chi connectivity index (χ0n) is 18.4. The Kier molecular flexibility index (Phi) is 7.44. The average Bonchev–Trinajstić information content (AvgIpc) is 3.22. The molecule has 0 aromatic heterocycles. The number of rotatable bonds is 7. The molecule has 1 saturated heterocycles. The molecule has 166 valence electrons. The van der Waals surface area contributed by atoms with Crippen molar-refractivity contribution in [1.29, 1.82) is 0 Å². The Morgan fingerprint density at radius 2 is 1.87 bits per heavy atom. The standard InChI is InChI=1S/C24H29ClN2O4/c1-15(2)12-26-23(28)20-14-27(24(29)18-7-5-6-8-21(18)25)13-19(20)17-10-9-16(30-3)11-22(17)31-4/h5-11,15,19-20H,12-14H2,1-4H3,(H,26,28). The minimum absolute atomic E-state index is 0.0639. The molecule has 0 radical (unpaired) electrons. The Hall–Kier alpha value is -2.73. The van der Waals surface area contributed by atoms with Crippen LogP contribution < -0.4 is 14.8 Å². The van der Waals surface area contributed by atoms with Crippen LogP contribution in [0.2, 0.25) is 5.02 Å². The number of hydrogen-bond acceptors (Lipinski definition) is 4. The number of hydrogen-bond donors (Lipinski definition) is 1. The van der Waals surface area contributed by atoms with E-state index < -0.39 is 5.92 Å². The van der Waals surface area contributed by atoms with Gasteiger partial charge in [0, 0.05) is 37.2 Å². The zero-order chi connectivity index (χ0) is 22.5.